The Labute approximate surface area is 222 Å². The largest absolute Gasteiger partial charge is 0.507 e. The van der Waals surface area contributed by atoms with Crippen LogP contribution in [-0.4, -0.2) is 81.7 Å². The molecule has 2 aromatic carbocycles. The number of carbonyl (C=O) groups is 2. The van der Waals surface area contributed by atoms with Crippen LogP contribution in [0.4, 0.5) is 0 Å². The summed E-state index contributed by atoms with van der Waals surface area (Å²) in [5, 5.41) is 11.6. The molecule has 0 spiro atoms. The van der Waals surface area contributed by atoms with E-state index in [0.717, 1.165) is 0 Å². The molecule has 0 radical (unpaired) electrons. The Hall–Kier alpha value is -3.43. The normalized spacial score (nSPS) is 16.9. The predicted octanol–water partition coefficient (Wildman–Crippen LogP) is 4.14. The number of benzene rings is 2. The van der Waals surface area contributed by atoms with E-state index in [1.165, 1.54) is 32.3 Å². The molecule has 1 fully saturated rings. The summed E-state index contributed by atoms with van der Waals surface area (Å²) in [6, 6.07) is 7.18. The summed E-state index contributed by atoms with van der Waals surface area (Å²) in [6.45, 7) is 3.26. The van der Waals surface area contributed by atoms with Crippen LogP contribution < -0.4 is 18.9 Å². The number of Topliss-reactive ketones (excluding diaryl/α,β-unsaturated/α-hetero) is 1. The summed E-state index contributed by atoms with van der Waals surface area (Å²) in [5.74, 6) is -0.276. The smallest absolute Gasteiger partial charge is 0.295 e. The highest BCUT2D eigenvalue weighted by atomic mass is 35.5. The minimum atomic E-state index is -0.888. The first-order valence-corrected chi connectivity index (χ1v) is 12.2. The number of carbonyl (C=O) groups excluding carboxylic acids is 2. The Bertz CT molecular complexity index is 1170. The van der Waals surface area contributed by atoms with E-state index in [2.05, 4.69) is 0 Å². The molecule has 3 rings (SSSR count). The van der Waals surface area contributed by atoms with Gasteiger partial charge in [-0.2, -0.15) is 0 Å². The number of hydrogen-bond acceptors (Lipinski definition) is 8. The van der Waals surface area contributed by atoms with Gasteiger partial charge in [0, 0.05) is 12.1 Å². The lowest BCUT2D eigenvalue weighted by atomic mass is 9.94. The molecular weight excluding hydrogens is 500 g/mol. The van der Waals surface area contributed by atoms with Gasteiger partial charge in [0.1, 0.15) is 11.5 Å². The lowest BCUT2D eigenvalue weighted by Crippen LogP contribution is -2.32. The van der Waals surface area contributed by atoms with Gasteiger partial charge in [0.2, 0.25) is 5.75 Å². The van der Waals surface area contributed by atoms with E-state index in [1.54, 1.807) is 24.3 Å². The molecule has 0 aromatic heterocycles. The van der Waals surface area contributed by atoms with Gasteiger partial charge in [0.15, 0.2) is 11.5 Å². The predicted molar refractivity (Wildman–Crippen MR) is 141 cm³/mol. The van der Waals surface area contributed by atoms with E-state index >= 15 is 0 Å². The number of amides is 1. The van der Waals surface area contributed by atoms with Gasteiger partial charge in [-0.05, 0) is 69.9 Å². The van der Waals surface area contributed by atoms with Crippen molar-refractivity contribution in [3.05, 3.63) is 52.1 Å². The third kappa shape index (κ3) is 5.78. The summed E-state index contributed by atoms with van der Waals surface area (Å²) in [7, 11) is 8.32. The molecular formula is C27H33ClN2O7. The van der Waals surface area contributed by atoms with Gasteiger partial charge in [-0.3, -0.25) is 9.59 Å². The van der Waals surface area contributed by atoms with Crippen molar-refractivity contribution in [3.8, 4) is 23.0 Å². The minimum Gasteiger partial charge on any atom is -0.507 e. The topological polar surface area (TPSA) is 97.8 Å². The van der Waals surface area contributed by atoms with Gasteiger partial charge in [-0.1, -0.05) is 11.6 Å². The number of hydrogen-bond donors (Lipinski definition) is 1. The summed E-state index contributed by atoms with van der Waals surface area (Å²) >= 11 is 6.34. The first-order chi connectivity index (χ1) is 17.7. The lowest BCUT2D eigenvalue weighted by Gasteiger charge is -2.27. The maximum absolute atomic E-state index is 13.3. The zero-order chi connectivity index (χ0) is 27.3. The van der Waals surface area contributed by atoms with Gasteiger partial charge in [0.05, 0.1) is 44.6 Å². The number of ether oxygens (including phenoxy) is 4. The molecule has 0 bridgehead atoms. The van der Waals surface area contributed by atoms with Crippen molar-refractivity contribution in [2.45, 2.75) is 19.4 Å². The monoisotopic (exact) mass is 532 g/mol. The van der Waals surface area contributed by atoms with Gasteiger partial charge >= 0.3 is 0 Å². The Morgan fingerprint density at radius 3 is 2.19 bits per heavy atom. The highest BCUT2D eigenvalue weighted by Crippen LogP contribution is 2.46. The van der Waals surface area contributed by atoms with E-state index in [-0.39, 0.29) is 21.9 Å². The molecule has 1 unspecified atom stereocenters. The summed E-state index contributed by atoms with van der Waals surface area (Å²) in [5.41, 5.74) is 0.763. The third-order valence-electron chi connectivity index (χ3n) is 6.05. The molecule has 1 heterocycles. The number of methoxy groups -OCH3 is 3. The molecule has 1 aliphatic heterocycles. The molecule has 1 atom stereocenters. The van der Waals surface area contributed by atoms with Crippen LogP contribution in [-0.2, 0) is 9.59 Å². The number of likely N-dealkylation sites (tertiary alicyclic amines) is 1. The zero-order valence-corrected chi connectivity index (χ0v) is 22.7. The van der Waals surface area contributed by atoms with Crippen molar-refractivity contribution in [1.29, 1.82) is 0 Å². The van der Waals surface area contributed by atoms with Crippen LogP contribution in [0.1, 0.15) is 30.5 Å². The van der Waals surface area contributed by atoms with Gasteiger partial charge in [0.25, 0.3) is 11.7 Å². The summed E-state index contributed by atoms with van der Waals surface area (Å²) < 4.78 is 21.9. The quantitative estimate of drug-likeness (QED) is 0.262. The van der Waals surface area contributed by atoms with Crippen LogP contribution in [0.15, 0.2) is 35.9 Å². The number of aliphatic hydroxyl groups excluding tert-OH is 1. The summed E-state index contributed by atoms with van der Waals surface area (Å²) in [4.78, 5) is 30.0. The third-order valence-corrected chi connectivity index (χ3v) is 6.35. The zero-order valence-electron chi connectivity index (χ0n) is 22.0. The van der Waals surface area contributed by atoms with Crippen molar-refractivity contribution >= 4 is 29.1 Å². The molecule has 1 saturated heterocycles. The molecule has 9 nitrogen and oxygen atoms in total. The van der Waals surface area contributed by atoms with Crippen LogP contribution in [0.25, 0.3) is 5.76 Å². The van der Waals surface area contributed by atoms with Crippen LogP contribution >= 0.6 is 11.6 Å². The van der Waals surface area contributed by atoms with Crippen molar-refractivity contribution in [3.63, 3.8) is 0 Å². The molecule has 1 amide bonds. The maximum atomic E-state index is 13.3. The molecule has 0 aliphatic carbocycles. The van der Waals surface area contributed by atoms with E-state index < -0.39 is 17.7 Å². The molecule has 10 heteroatoms. The number of aliphatic hydroxyl groups is 1. The number of halogens is 1. The Balaban J connectivity index is 2.21. The lowest BCUT2D eigenvalue weighted by molar-refractivity contribution is -0.139. The van der Waals surface area contributed by atoms with Crippen LogP contribution in [0.5, 0.6) is 23.0 Å². The van der Waals surface area contributed by atoms with Crippen LogP contribution in [0.3, 0.4) is 0 Å². The SMILES string of the molecule is CCOc1ccc(/C(O)=C2\C(=O)C(=O)N(CCCN(C)C)C2c2cc(OC)c(OC)c(OC)c2)cc1Cl. The standard InChI is InChI=1S/C27H33ClN2O7/c1-7-37-19-10-9-16(13-18(19)28)24(31)22-23(30(27(33)25(22)32)12-8-11-29(2)3)17-14-20(34-4)26(36-6)21(15-17)35-5/h9-10,13-15,23,31H,7-8,11-12H2,1-6H3/b24-22+. The first-order valence-electron chi connectivity index (χ1n) is 11.8. The second-order valence-corrected chi connectivity index (χ2v) is 9.09. The molecule has 1 aliphatic rings. The van der Waals surface area contributed by atoms with E-state index in [9.17, 15) is 14.7 Å². The second kappa shape index (κ2) is 12.2. The highest BCUT2D eigenvalue weighted by molar-refractivity contribution is 6.46. The van der Waals surface area contributed by atoms with Crippen molar-refractivity contribution in [2.75, 3.05) is 55.1 Å². The minimum absolute atomic E-state index is 0.0515. The fourth-order valence-corrected chi connectivity index (χ4v) is 4.59. The van der Waals surface area contributed by atoms with Gasteiger partial charge in [-0.25, -0.2) is 0 Å². The van der Waals surface area contributed by atoms with Gasteiger partial charge < -0.3 is 33.9 Å². The van der Waals surface area contributed by atoms with E-state index in [1.807, 2.05) is 25.9 Å². The van der Waals surface area contributed by atoms with Crippen molar-refractivity contribution in [1.82, 2.24) is 9.80 Å². The Kier molecular flexibility index (Phi) is 9.29. The number of nitrogens with zero attached hydrogens (tertiary/aromatic N) is 2. The fourth-order valence-electron chi connectivity index (χ4n) is 4.35. The van der Waals surface area contributed by atoms with Crippen molar-refractivity contribution in [2.24, 2.45) is 0 Å². The fraction of sp³-hybridized carbons (Fsp3) is 0.407. The number of rotatable bonds is 11. The number of ketones is 1. The Morgan fingerprint density at radius 2 is 1.68 bits per heavy atom. The molecule has 1 N–H and O–H groups in total. The van der Waals surface area contributed by atoms with Gasteiger partial charge in [-0.15, -0.1) is 0 Å². The van der Waals surface area contributed by atoms with Crippen molar-refractivity contribution < 1.29 is 33.6 Å². The maximum Gasteiger partial charge on any atom is 0.295 e. The molecule has 37 heavy (non-hydrogen) atoms. The van der Waals surface area contributed by atoms with E-state index in [4.69, 9.17) is 30.5 Å². The van der Waals surface area contributed by atoms with E-state index in [0.29, 0.717) is 54.7 Å². The second-order valence-electron chi connectivity index (χ2n) is 8.69. The molecule has 2 aromatic rings. The molecule has 0 saturated carbocycles. The molecule has 200 valence electrons. The Morgan fingerprint density at radius 1 is 1.03 bits per heavy atom. The summed E-state index contributed by atoms with van der Waals surface area (Å²) in [6.07, 6.45) is 0.621. The van der Waals surface area contributed by atoms with Crippen LogP contribution in [0.2, 0.25) is 5.02 Å². The average molecular weight is 533 g/mol. The first kappa shape index (κ1) is 28.1. The average Bonchev–Trinajstić information content (AvgIpc) is 3.13. The highest BCUT2D eigenvalue weighted by Gasteiger charge is 2.46. The van der Waals surface area contributed by atoms with Crippen LogP contribution in [0, 0.1) is 0 Å².